The van der Waals surface area contributed by atoms with Crippen molar-refractivity contribution in [2.45, 2.75) is 0 Å². The summed E-state index contributed by atoms with van der Waals surface area (Å²) in [6, 6.07) is 104. The summed E-state index contributed by atoms with van der Waals surface area (Å²) in [7, 11) is 0. The van der Waals surface area contributed by atoms with E-state index in [1.165, 1.54) is 60.5 Å². The molecule has 0 aliphatic heterocycles. The molecule has 0 heterocycles. The van der Waals surface area contributed by atoms with Crippen molar-refractivity contribution >= 4 is 38.6 Å². The van der Waals surface area contributed by atoms with Crippen molar-refractivity contribution in [1.29, 1.82) is 0 Å². The Hall–Kier alpha value is -9.04. The van der Waals surface area contributed by atoms with E-state index in [-0.39, 0.29) is 0 Å². The fraction of sp³-hybridized carbons (Fsp3) is 0. The van der Waals surface area contributed by atoms with Crippen molar-refractivity contribution in [2.75, 3.05) is 4.90 Å². The molecular weight excluding hydrogens is 831 g/mol. The molecule has 0 saturated heterocycles. The van der Waals surface area contributed by atoms with Gasteiger partial charge in [-0.25, -0.2) is 0 Å². The van der Waals surface area contributed by atoms with Crippen molar-refractivity contribution in [3.05, 3.63) is 285 Å². The quantitative estimate of drug-likeness (QED) is 0.124. The van der Waals surface area contributed by atoms with Gasteiger partial charge < -0.3 is 4.90 Å². The average molecular weight is 878 g/mol. The van der Waals surface area contributed by atoms with E-state index >= 15 is 0 Å². The minimum Gasteiger partial charge on any atom is -0.309 e. The smallest absolute Gasteiger partial charge is 0.0618 e. The van der Waals surface area contributed by atoms with E-state index in [1.807, 2.05) is 0 Å². The van der Waals surface area contributed by atoms with E-state index in [0.717, 1.165) is 56.0 Å². The first-order chi connectivity index (χ1) is 34.3. The van der Waals surface area contributed by atoms with Gasteiger partial charge in [-0.3, -0.25) is 0 Å². The van der Waals surface area contributed by atoms with Crippen LogP contribution in [0.1, 0.15) is 0 Å². The van der Waals surface area contributed by atoms with E-state index in [4.69, 9.17) is 0 Å². The molecule has 1 heteroatoms. The predicted molar refractivity (Wildman–Crippen MR) is 294 cm³/mol. The molecule has 0 fully saturated rings. The maximum Gasteiger partial charge on any atom is 0.0618 e. The van der Waals surface area contributed by atoms with Crippen LogP contribution in [-0.4, -0.2) is 0 Å². The van der Waals surface area contributed by atoms with Gasteiger partial charge in [0, 0.05) is 22.5 Å². The van der Waals surface area contributed by atoms with Gasteiger partial charge in [0.25, 0.3) is 0 Å². The summed E-state index contributed by atoms with van der Waals surface area (Å²) in [6.45, 7) is 0. The Balaban J connectivity index is 1.12. The van der Waals surface area contributed by atoms with Gasteiger partial charge in [-0.2, -0.15) is 0 Å². The van der Waals surface area contributed by atoms with Crippen molar-refractivity contribution in [1.82, 2.24) is 0 Å². The lowest BCUT2D eigenvalue weighted by atomic mass is 9.83. The lowest BCUT2D eigenvalue weighted by Gasteiger charge is -2.31. The first-order valence-corrected chi connectivity index (χ1v) is 23.8. The van der Waals surface area contributed by atoms with Crippen LogP contribution in [0.15, 0.2) is 285 Å². The van der Waals surface area contributed by atoms with Crippen molar-refractivity contribution < 1.29 is 0 Å². The molecule has 0 unspecified atom stereocenters. The zero-order valence-electron chi connectivity index (χ0n) is 38.1. The molecule has 0 bridgehead atoms. The molecule has 0 N–H and O–H groups in total. The molecule has 69 heavy (non-hydrogen) atoms. The summed E-state index contributed by atoms with van der Waals surface area (Å²) in [6.07, 6.45) is 0. The number of anilines is 3. The Kier molecular flexibility index (Phi) is 11.0. The van der Waals surface area contributed by atoms with Gasteiger partial charge in [0.15, 0.2) is 0 Å². The molecule has 12 aromatic rings. The molecule has 0 aliphatic carbocycles. The van der Waals surface area contributed by atoms with Gasteiger partial charge in [-0.1, -0.05) is 255 Å². The molecule has 0 spiro atoms. The van der Waals surface area contributed by atoms with Gasteiger partial charge >= 0.3 is 0 Å². The van der Waals surface area contributed by atoms with Crippen LogP contribution in [-0.2, 0) is 0 Å². The van der Waals surface area contributed by atoms with E-state index < -0.39 is 0 Å². The third kappa shape index (κ3) is 7.86. The minimum atomic E-state index is 1.06. The van der Waals surface area contributed by atoms with Crippen LogP contribution < -0.4 is 4.90 Å². The zero-order chi connectivity index (χ0) is 45.9. The summed E-state index contributed by atoms with van der Waals surface area (Å²) < 4.78 is 0. The Morgan fingerprint density at radius 2 is 0.565 bits per heavy atom. The monoisotopic (exact) mass is 877 g/mol. The van der Waals surface area contributed by atoms with Crippen LogP contribution in [0.2, 0.25) is 0 Å². The van der Waals surface area contributed by atoms with Crippen molar-refractivity contribution in [2.24, 2.45) is 0 Å². The predicted octanol–water partition coefficient (Wildman–Crippen LogP) is 19.1. The summed E-state index contributed by atoms with van der Waals surface area (Å²) in [4.78, 5) is 2.49. The highest BCUT2D eigenvalue weighted by molar-refractivity contribution is 6.25. The number of hydrogen-bond acceptors (Lipinski definition) is 1. The fourth-order valence-corrected chi connectivity index (χ4v) is 10.3. The third-order valence-corrected chi connectivity index (χ3v) is 13.4. The van der Waals surface area contributed by atoms with E-state index in [2.05, 4.69) is 290 Å². The van der Waals surface area contributed by atoms with Crippen LogP contribution in [0.25, 0.3) is 99.4 Å². The number of benzene rings is 12. The van der Waals surface area contributed by atoms with Gasteiger partial charge in [0.1, 0.15) is 0 Å². The highest BCUT2D eigenvalue weighted by Crippen LogP contribution is 2.50. The number of hydrogen-bond donors (Lipinski definition) is 0. The molecule has 12 rings (SSSR count). The average Bonchev–Trinajstić information content (AvgIpc) is 3.44. The molecular formula is C68H47N. The second-order valence-corrected chi connectivity index (χ2v) is 17.6. The van der Waals surface area contributed by atoms with E-state index in [1.54, 1.807) is 0 Å². The van der Waals surface area contributed by atoms with Crippen LogP contribution in [0.3, 0.4) is 0 Å². The molecule has 0 amide bonds. The Morgan fingerprint density at radius 1 is 0.203 bits per heavy atom. The van der Waals surface area contributed by atoms with Crippen molar-refractivity contribution in [3.63, 3.8) is 0 Å². The lowest BCUT2D eigenvalue weighted by Crippen LogP contribution is -2.13. The molecule has 0 aromatic heterocycles. The number of rotatable bonds is 10. The van der Waals surface area contributed by atoms with Gasteiger partial charge in [0.2, 0.25) is 0 Å². The Morgan fingerprint density at radius 3 is 1.06 bits per heavy atom. The molecule has 0 aliphatic rings. The lowest BCUT2D eigenvalue weighted by molar-refractivity contribution is 1.28. The highest BCUT2D eigenvalue weighted by atomic mass is 15.1. The standard InChI is InChI=1S/C68H47N/c1-7-23-48(24-8-1)55-45-56(49-25-9-2-10-26-49)47-58(46-55)69(68-60(50-27-11-3-12-28-50)38-22-39-61(68)51-29-13-4-14-30-51)57-43-41-52(42-44-57)59-37-21-40-64-66(54-33-17-6-18-34-54)65(53-31-15-5-16-32-53)62-35-19-20-36-63(62)67(59)64/h1-47H. The topological polar surface area (TPSA) is 3.24 Å². The SMILES string of the molecule is c1ccc(-c2cc(-c3ccccc3)cc(N(c3ccc(-c4cccc5c(-c6ccccc6)c(-c6ccccc6)c6ccccc6c45)cc3)c3c(-c4ccccc4)cccc3-c3ccccc3)c2)cc1. The van der Waals surface area contributed by atoms with Gasteiger partial charge in [0.05, 0.1) is 5.69 Å². The first kappa shape index (κ1) is 41.4. The van der Waals surface area contributed by atoms with E-state index in [0.29, 0.717) is 0 Å². The molecule has 0 atom stereocenters. The molecule has 0 radical (unpaired) electrons. The second-order valence-electron chi connectivity index (χ2n) is 17.6. The summed E-state index contributed by atoms with van der Waals surface area (Å²) in [5.41, 5.74) is 19.8. The van der Waals surface area contributed by atoms with Gasteiger partial charge in [-0.05, 0) is 119 Å². The summed E-state index contributed by atoms with van der Waals surface area (Å²) in [5.74, 6) is 0. The highest BCUT2D eigenvalue weighted by Gasteiger charge is 2.24. The molecule has 1 nitrogen and oxygen atoms in total. The first-order valence-electron chi connectivity index (χ1n) is 23.8. The second kappa shape index (κ2) is 18.3. The van der Waals surface area contributed by atoms with Crippen LogP contribution in [0.4, 0.5) is 17.1 Å². The normalized spacial score (nSPS) is 11.2. The minimum absolute atomic E-state index is 1.06. The van der Waals surface area contributed by atoms with E-state index in [9.17, 15) is 0 Å². The number of nitrogens with zero attached hydrogens (tertiary/aromatic N) is 1. The molecule has 324 valence electrons. The summed E-state index contributed by atoms with van der Waals surface area (Å²) in [5, 5.41) is 4.96. The summed E-state index contributed by atoms with van der Waals surface area (Å²) >= 11 is 0. The largest absolute Gasteiger partial charge is 0.309 e. The number of fused-ring (bicyclic) bond motifs is 3. The van der Waals surface area contributed by atoms with Crippen LogP contribution >= 0.6 is 0 Å². The van der Waals surface area contributed by atoms with Crippen molar-refractivity contribution in [3.8, 4) is 77.9 Å². The fourth-order valence-electron chi connectivity index (χ4n) is 10.3. The Labute approximate surface area is 404 Å². The van der Waals surface area contributed by atoms with Gasteiger partial charge in [-0.15, -0.1) is 0 Å². The molecule has 0 saturated carbocycles. The molecule has 12 aromatic carbocycles. The third-order valence-electron chi connectivity index (χ3n) is 13.4. The maximum absolute atomic E-state index is 2.49. The number of para-hydroxylation sites is 1. The van der Waals surface area contributed by atoms with Crippen LogP contribution in [0, 0.1) is 0 Å². The Bertz CT molecular complexity index is 3600. The maximum atomic E-state index is 2.49. The van der Waals surface area contributed by atoms with Crippen LogP contribution in [0.5, 0.6) is 0 Å². The zero-order valence-corrected chi connectivity index (χ0v) is 38.1.